The highest BCUT2D eigenvalue weighted by molar-refractivity contribution is 5.97. The van der Waals surface area contributed by atoms with Gasteiger partial charge < -0.3 is 26.2 Å². The minimum absolute atomic E-state index is 0.0211. The lowest BCUT2D eigenvalue weighted by Gasteiger charge is -2.46. The van der Waals surface area contributed by atoms with Crippen molar-refractivity contribution >= 4 is 23.4 Å². The topological polar surface area (TPSA) is 103 Å². The van der Waals surface area contributed by atoms with E-state index in [4.69, 9.17) is 0 Å². The third-order valence-corrected chi connectivity index (χ3v) is 9.00. The molecule has 6 rings (SSSR count). The highest BCUT2D eigenvalue weighted by atomic mass is 16.2. The van der Waals surface area contributed by atoms with E-state index in [2.05, 4.69) is 27.3 Å². The SMILES string of the molecule is CCC1(CC)NCC(c2ccccc2)N(CC(=O)Nc2ccc3c(c2)CC2(C3)C(=O)NC3=C2C=CCN3)C1=O. The second-order valence-electron chi connectivity index (χ2n) is 11.0. The van der Waals surface area contributed by atoms with Crippen LogP contribution in [0.25, 0.3) is 0 Å². The maximum absolute atomic E-state index is 13.8. The van der Waals surface area contributed by atoms with Crippen LogP contribution in [0.1, 0.15) is 49.4 Å². The molecule has 8 nitrogen and oxygen atoms in total. The van der Waals surface area contributed by atoms with Gasteiger partial charge >= 0.3 is 0 Å². The molecule has 0 aromatic heterocycles. The lowest BCUT2D eigenvalue weighted by atomic mass is 9.78. The number of piperazine rings is 1. The molecule has 0 saturated carbocycles. The number of hydrogen-bond acceptors (Lipinski definition) is 5. The third kappa shape index (κ3) is 4.14. The molecule has 0 bridgehead atoms. The summed E-state index contributed by atoms with van der Waals surface area (Å²) in [5.74, 6) is 0.563. The average Bonchev–Trinajstić information content (AvgIpc) is 3.47. The quantitative estimate of drug-likeness (QED) is 0.465. The highest BCUT2D eigenvalue weighted by Gasteiger charge is 2.52. The third-order valence-electron chi connectivity index (χ3n) is 9.00. The fraction of sp³-hybridized carbons (Fsp3) is 0.387. The Labute approximate surface area is 228 Å². The Balaban J connectivity index is 1.21. The molecule has 4 aliphatic rings. The van der Waals surface area contributed by atoms with Crippen LogP contribution in [0, 0.1) is 5.41 Å². The van der Waals surface area contributed by atoms with E-state index in [1.165, 1.54) is 0 Å². The van der Waals surface area contributed by atoms with Gasteiger partial charge in [-0.05, 0) is 54.5 Å². The van der Waals surface area contributed by atoms with Crippen molar-refractivity contribution in [3.63, 3.8) is 0 Å². The Hall–Kier alpha value is -3.91. The molecule has 0 radical (unpaired) electrons. The van der Waals surface area contributed by atoms with Crippen molar-refractivity contribution in [1.82, 2.24) is 20.9 Å². The standard InChI is InChI=1S/C31H35N5O3/c1-3-31(4-2)29(39)36(25(18-33-31)20-9-6-5-7-10-20)19-26(37)34-23-13-12-21-16-30(17-22(21)15-23)24-11-8-14-32-27(24)35-28(30)38/h5-13,15,25,32-33H,3-4,14,16-19H2,1-2H3,(H,34,37)(H,35,38). The summed E-state index contributed by atoms with van der Waals surface area (Å²) < 4.78 is 0. The molecule has 3 aliphatic heterocycles. The summed E-state index contributed by atoms with van der Waals surface area (Å²) in [6.45, 7) is 5.29. The van der Waals surface area contributed by atoms with Gasteiger partial charge in [0.25, 0.3) is 0 Å². The normalized spacial score (nSPS) is 24.9. The summed E-state index contributed by atoms with van der Waals surface area (Å²) in [4.78, 5) is 41.9. The first-order valence-corrected chi connectivity index (χ1v) is 13.9. The molecule has 1 aliphatic carbocycles. The number of anilines is 1. The number of rotatable bonds is 6. The Bertz CT molecular complexity index is 1390. The number of nitrogens with one attached hydrogen (secondary N) is 4. The van der Waals surface area contributed by atoms with Crippen LogP contribution >= 0.6 is 0 Å². The minimum atomic E-state index is -0.661. The van der Waals surface area contributed by atoms with Crippen molar-refractivity contribution in [3.05, 3.63) is 88.8 Å². The first-order valence-electron chi connectivity index (χ1n) is 13.9. The number of fused-ring (bicyclic) bond motifs is 2. The summed E-state index contributed by atoms with van der Waals surface area (Å²) in [6, 6.07) is 15.5. The predicted octanol–water partition coefficient (Wildman–Crippen LogP) is 2.94. The van der Waals surface area contributed by atoms with Gasteiger partial charge in [0.1, 0.15) is 12.4 Å². The number of benzene rings is 2. The van der Waals surface area contributed by atoms with Crippen LogP contribution in [-0.4, -0.2) is 47.8 Å². The van der Waals surface area contributed by atoms with E-state index in [1.807, 2.05) is 68.5 Å². The molecule has 39 heavy (non-hydrogen) atoms. The second-order valence-corrected chi connectivity index (χ2v) is 11.0. The smallest absolute Gasteiger partial charge is 0.244 e. The van der Waals surface area contributed by atoms with Crippen LogP contribution in [0.3, 0.4) is 0 Å². The average molecular weight is 526 g/mol. The summed E-state index contributed by atoms with van der Waals surface area (Å²) in [5, 5.41) is 12.8. The molecule has 3 amide bonds. The van der Waals surface area contributed by atoms with Gasteiger partial charge in [0.05, 0.1) is 17.0 Å². The summed E-state index contributed by atoms with van der Waals surface area (Å²) in [7, 11) is 0. The monoisotopic (exact) mass is 525 g/mol. The van der Waals surface area contributed by atoms with Crippen molar-refractivity contribution in [1.29, 1.82) is 0 Å². The molecule has 1 spiro atoms. The van der Waals surface area contributed by atoms with Crippen molar-refractivity contribution < 1.29 is 14.4 Å². The largest absolute Gasteiger partial charge is 0.368 e. The van der Waals surface area contributed by atoms with Crippen LogP contribution in [0.2, 0.25) is 0 Å². The number of carbonyl (C=O) groups excluding carboxylic acids is 3. The van der Waals surface area contributed by atoms with Gasteiger partial charge in [-0.25, -0.2) is 0 Å². The van der Waals surface area contributed by atoms with Gasteiger partial charge in [0.2, 0.25) is 17.7 Å². The zero-order valence-corrected chi connectivity index (χ0v) is 22.5. The molecule has 4 N–H and O–H groups in total. The van der Waals surface area contributed by atoms with Crippen molar-refractivity contribution in [2.24, 2.45) is 5.41 Å². The number of allylic oxidation sites excluding steroid dienone is 1. The van der Waals surface area contributed by atoms with Gasteiger partial charge in [-0.15, -0.1) is 0 Å². The molecule has 2 aromatic rings. The zero-order valence-electron chi connectivity index (χ0n) is 22.5. The number of hydrogen-bond donors (Lipinski definition) is 4. The first-order chi connectivity index (χ1) is 18.9. The molecule has 1 fully saturated rings. The summed E-state index contributed by atoms with van der Waals surface area (Å²) in [6.07, 6.45) is 6.64. The molecular weight excluding hydrogens is 490 g/mol. The lowest BCUT2D eigenvalue weighted by molar-refractivity contribution is -0.148. The molecular formula is C31H35N5O3. The Kier molecular flexibility index (Phi) is 6.30. The molecule has 202 valence electrons. The minimum Gasteiger partial charge on any atom is -0.368 e. The first kappa shape index (κ1) is 25.4. The molecule has 2 atom stereocenters. The lowest BCUT2D eigenvalue weighted by Crippen LogP contribution is -2.65. The van der Waals surface area contributed by atoms with E-state index in [-0.39, 0.29) is 30.3 Å². The van der Waals surface area contributed by atoms with Gasteiger partial charge in [0.15, 0.2) is 0 Å². The molecule has 1 saturated heterocycles. The van der Waals surface area contributed by atoms with Gasteiger partial charge in [-0.1, -0.05) is 62.4 Å². The maximum atomic E-state index is 13.8. The van der Waals surface area contributed by atoms with Gasteiger partial charge in [-0.3, -0.25) is 14.4 Å². The van der Waals surface area contributed by atoms with Crippen LogP contribution in [-0.2, 0) is 27.2 Å². The zero-order chi connectivity index (χ0) is 27.2. The van der Waals surface area contributed by atoms with Crippen LogP contribution in [0.15, 0.2) is 72.1 Å². The highest BCUT2D eigenvalue weighted by Crippen LogP contribution is 2.48. The summed E-state index contributed by atoms with van der Waals surface area (Å²) in [5.41, 5.74) is 3.61. The Morgan fingerprint density at radius 1 is 1.05 bits per heavy atom. The van der Waals surface area contributed by atoms with E-state index >= 15 is 0 Å². The van der Waals surface area contributed by atoms with Crippen LogP contribution < -0.4 is 21.3 Å². The fourth-order valence-electron chi connectivity index (χ4n) is 6.69. The number of carbonyl (C=O) groups is 3. The fourth-order valence-corrected chi connectivity index (χ4v) is 6.69. The van der Waals surface area contributed by atoms with E-state index < -0.39 is 11.0 Å². The molecule has 8 heteroatoms. The van der Waals surface area contributed by atoms with Crippen molar-refractivity contribution in [2.75, 3.05) is 25.0 Å². The summed E-state index contributed by atoms with van der Waals surface area (Å²) >= 11 is 0. The van der Waals surface area contributed by atoms with E-state index in [9.17, 15) is 14.4 Å². The molecule has 2 unspecified atom stereocenters. The second kappa shape index (κ2) is 9.68. The van der Waals surface area contributed by atoms with Crippen LogP contribution in [0.5, 0.6) is 0 Å². The van der Waals surface area contributed by atoms with Crippen LogP contribution in [0.4, 0.5) is 5.69 Å². The maximum Gasteiger partial charge on any atom is 0.244 e. The number of nitrogens with zero attached hydrogens (tertiary/aromatic N) is 1. The Morgan fingerprint density at radius 3 is 2.59 bits per heavy atom. The van der Waals surface area contributed by atoms with Crippen molar-refractivity contribution in [2.45, 2.75) is 51.1 Å². The molecule has 3 heterocycles. The van der Waals surface area contributed by atoms with E-state index in [1.54, 1.807) is 4.90 Å². The van der Waals surface area contributed by atoms with Gasteiger partial charge in [0, 0.05) is 24.4 Å². The van der Waals surface area contributed by atoms with E-state index in [0.717, 1.165) is 28.1 Å². The Morgan fingerprint density at radius 2 is 1.82 bits per heavy atom. The predicted molar refractivity (Wildman–Crippen MR) is 149 cm³/mol. The van der Waals surface area contributed by atoms with E-state index in [0.29, 0.717) is 44.5 Å². The molecule has 2 aromatic carbocycles. The van der Waals surface area contributed by atoms with Gasteiger partial charge in [-0.2, -0.15) is 0 Å². The van der Waals surface area contributed by atoms with Crippen molar-refractivity contribution in [3.8, 4) is 0 Å². The number of amides is 3. The number of dihydropyridines is 1.